The molecule has 0 radical (unpaired) electrons. The molecule has 1 saturated heterocycles. The topological polar surface area (TPSA) is 73.9 Å². The molecule has 204 valence electrons. The number of carbonyl (C=O) groups is 2. The lowest BCUT2D eigenvalue weighted by atomic mass is 10.1. The van der Waals surface area contributed by atoms with Crippen LogP contribution in [0.15, 0.2) is 103 Å². The molecule has 2 N–H and O–H groups in total. The molecule has 4 aromatic rings. The minimum atomic E-state index is -0.214. The van der Waals surface area contributed by atoms with E-state index in [4.69, 9.17) is 4.74 Å². The van der Waals surface area contributed by atoms with E-state index in [0.717, 1.165) is 49.7 Å². The van der Waals surface area contributed by atoms with Crippen molar-refractivity contribution in [2.24, 2.45) is 0 Å². The third kappa shape index (κ3) is 6.43. The molecule has 2 amide bonds. The summed E-state index contributed by atoms with van der Waals surface area (Å²) in [5.41, 5.74) is 4.78. The molecule has 0 unspecified atom stereocenters. The van der Waals surface area contributed by atoms with Crippen LogP contribution in [-0.2, 0) is 6.42 Å². The second-order valence-electron chi connectivity index (χ2n) is 9.69. The summed E-state index contributed by atoms with van der Waals surface area (Å²) in [7, 11) is 1.69. The lowest BCUT2D eigenvalue weighted by Crippen LogP contribution is -2.47. The van der Waals surface area contributed by atoms with Crippen LogP contribution in [0.3, 0.4) is 0 Å². The fraction of sp³-hybridized carbons (Fsp3) is 0.212. The van der Waals surface area contributed by atoms with Crippen molar-refractivity contribution in [3.05, 3.63) is 120 Å². The number of hydrogen-bond donors (Lipinski definition) is 2. The number of carbonyl (C=O) groups excluding carboxylic acids is 2. The zero-order chi connectivity index (χ0) is 27.7. The van der Waals surface area contributed by atoms with Gasteiger partial charge < -0.3 is 25.2 Å². The molecule has 7 heteroatoms. The Morgan fingerprint density at radius 1 is 0.725 bits per heavy atom. The first-order valence-electron chi connectivity index (χ1n) is 13.6. The molecule has 0 aliphatic carbocycles. The standard InChI is InChI=1S/C33H34N4O3/c1-40-31-15-9-8-14-30(31)37-22-20-36(21-23-37)29-17-16-27(35-32(38)26-12-6-3-7-13-26)24-28(29)33(39)34-19-18-25-10-4-2-5-11-25/h2-17,24H,18-23H2,1H3,(H,34,39)(H,35,38). The van der Waals surface area contributed by atoms with Gasteiger partial charge in [-0.25, -0.2) is 0 Å². The maximum Gasteiger partial charge on any atom is 0.255 e. The summed E-state index contributed by atoms with van der Waals surface area (Å²) >= 11 is 0. The highest BCUT2D eigenvalue weighted by atomic mass is 16.5. The van der Waals surface area contributed by atoms with Gasteiger partial charge in [0.1, 0.15) is 5.75 Å². The monoisotopic (exact) mass is 534 g/mol. The summed E-state index contributed by atoms with van der Waals surface area (Å²) in [5.74, 6) is 0.482. The quantitative estimate of drug-likeness (QED) is 0.307. The Morgan fingerprint density at radius 2 is 1.35 bits per heavy atom. The summed E-state index contributed by atoms with van der Waals surface area (Å²) in [6.45, 7) is 3.60. The van der Waals surface area contributed by atoms with Crippen LogP contribution in [0.4, 0.5) is 17.1 Å². The number of nitrogens with zero attached hydrogens (tertiary/aromatic N) is 2. The van der Waals surface area contributed by atoms with E-state index in [1.54, 1.807) is 25.3 Å². The Morgan fingerprint density at radius 3 is 2.05 bits per heavy atom. The Bertz CT molecular complexity index is 1430. The molecule has 7 nitrogen and oxygen atoms in total. The number of benzene rings is 4. The second-order valence-corrected chi connectivity index (χ2v) is 9.69. The molecule has 4 aromatic carbocycles. The van der Waals surface area contributed by atoms with E-state index in [2.05, 4.69) is 38.6 Å². The van der Waals surface area contributed by atoms with Gasteiger partial charge in [0.15, 0.2) is 0 Å². The highest BCUT2D eigenvalue weighted by molar-refractivity contribution is 6.06. The van der Waals surface area contributed by atoms with Crippen molar-refractivity contribution in [3.8, 4) is 5.75 Å². The number of ether oxygens (including phenoxy) is 1. The fourth-order valence-electron chi connectivity index (χ4n) is 5.00. The minimum Gasteiger partial charge on any atom is -0.495 e. The highest BCUT2D eigenvalue weighted by Gasteiger charge is 2.24. The van der Waals surface area contributed by atoms with Crippen LogP contribution in [0.1, 0.15) is 26.3 Å². The highest BCUT2D eigenvalue weighted by Crippen LogP contribution is 2.31. The second kappa shape index (κ2) is 12.8. The van der Waals surface area contributed by atoms with Gasteiger partial charge in [0, 0.05) is 49.7 Å². The summed E-state index contributed by atoms with van der Waals surface area (Å²) in [6, 6.07) is 32.8. The van der Waals surface area contributed by atoms with Crippen LogP contribution in [0.25, 0.3) is 0 Å². The van der Waals surface area contributed by atoms with Gasteiger partial charge in [-0.1, -0.05) is 60.7 Å². The number of anilines is 3. The molecule has 1 aliphatic rings. The lowest BCUT2D eigenvalue weighted by Gasteiger charge is -2.38. The summed E-state index contributed by atoms with van der Waals surface area (Å²) in [6.07, 6.45) is 0.740. The summed E-state index contributed by atoms with van der Waals surface area (Å²) in [5, 5.41) is 6.03. The Labute approximate surface area is 235 Å². The van der Waals surface area contributed by atoms with Crippen molar-refractivity contribution < 1.29 is 14.3 Å². The Hall–Kier alpha value is -4.78. The van der Waals surface area contributed by atoms with Crippen molar-refractivity contribution in [2.75, 3.05) is 55.0 Å². The van der Waals surface area contributed by atoms with E-state index in [9.17, 15) is 9.59 Å². The summed E-state index contributed by atoms with van der Waals surface area (Å²) in [4.78, 5) is 30.8. The third-order valence-corrected chi connectivity index (χ3v) is 7.12. The zero-order valence-electron chi connectivity index (χ0n) is 22.7. The van der Waals surface area contributed by atoms with Gasteiger partial charge in [0.25, 0.3) is 11.8 Å². The fourth-order valence-corrected chi connectivity index (χ4v) is 5.00. The molecule has 0 saturated carbocycles. The average Bonchev–Trinajstić information content (AvgIpc) is 3.02. The number of rotatable bonds is 9. The molecule has 0 aromatic heterocycles. The lowest BCUT2D eigenvalue weighted by molar-refractivity contribution is 0.0953. The molecule has 40 heavy (non-hydrogen) atoms. The van der Waals surface area contributed by atoms with Crippen LogP contribution in [-0.4, -0.2) is 51.6 Å². The van der Waals surface area contributed by atoms with Gasteiger partial charge in [0.2, 0.25) is 0 Å². The number of nitrogens with one attached hydrogen (secondary N) is 2. The number of amides is 2. The molecule has 1 fully saturated rings. The van der Waals surface area contributed by atoms with Crippen LogP contribution < -0.4 is 25.2 Å². The molecular weight excluding hydrogens is 500 g/mol. The van der Waals surface area contributed by atoms with Gasteiger partial charge in [-0.2, -0.15) is 0 Å². The van der Waals surface area contributed by atoms with Crippen molar-refractivity contribution in [1.82, 2.24) is 5.32 Å². The first kappa shape index (κ1) is 26.8. The smallest absolute Gasteiger partial charge is 0.255 e. The van der Waals surface area contributed by atoms with E-state index >= 15 is 0 Å². The average molecular weight is 535 g/mol. The molecule has 1 aliphatic heterocycles. The van der Waals surface area contributed by atoms with Crippen molar-refractivity contribution >= 4 is 28.9 Å². The number of hydrogen-bond acceptors (Lipinski definition) is 5. The Kier molecular flexibility index (Phi) is 8.61. The third-order valence-electron chi connectivity index (χ3n) is 7.12. The van der Waals surface area contributed by atoms with E-state index in [0.29, 0.717) is 23.4 Å². The van der Waals surface area contributed by atoms with E-state index in [1.165, 1.54) is 5.56 Å². The maximum absolute atomic E-state index is 13.5. The molecular formula is C33H34N4O3. The molecule has 1 heterocycles. The van der Waals surface area contributed by atoms with E-state index < -0.39 is 0 Å². The predicted molar refractivity (Wildman–Crippen MR) is 161 cm³/mol. The SMILES string of the molecule is COc1ccccc1N1CCN(c2ccc(NC(=O)c3ccccc3)cc2C(=O)NCCc2ccccc2)CC1. The maximum atomic E-state index is 13.5. The normalized spacial score (nSPS) is 13.0. The zero-order valence-corrected chi connectivity index (χ0v) is 22.7. The van der Waals surface area contributed by atoms with E-state index in [-0.39, 0.29) is 11.8 Å². The number of para-hydroxylation sites is 2. The minimum absolute atomic E-state index is 0.158. The van der Waals surface area contributed by atoms with Crippen LogP contribution in [0, 0.1) is 0 Å². The van der Waals surface area contributed by atoms with Gasteiger partial charge >= 0.3 is 0 Å². The number of methoxy groups -OCH3 is 1. The molecule has 0 bridgehead atoms. The largest absolute Gasteiger partial charge is 0.495 e. The predicted octanol–water partition coefficient (Wildman–Crippen LogP) is 5.25. The van der Waals surface area contributed by atoms with Crippen molar-refractivity contribution in [1.29, 1.82) is 0 Å². The Balaban J connectivity index is 1.33. The van der Waals surface area contributed by atoms with Crippen LogP contribution in [0.5, 0.6) is 5.75 Å². The van der Waals surface area contributed by atoms with Crippen LogP contribution >= 0.6 is 0 Å². The van der Waals surface area contributed by atoms with Crippen molar-refractivity contribution in [3.63, 3.8) is 0 Å². The number of piperazine rings is 1. The van der Waals surface area contributed by atoms with Gasteiger partial charge in [-0.3, -0.25) is 9.59 Å². The first-order chi connectivity index (χ1) is 19.6. The molecule has 0 spiro atoms. The van der Waals surface area contributed by atoms with Gasteiger partial charge in [-0.05, 0) is 54.4 Å². The molecule has 5 rings (SSSR count). The van der Waals surface area contributed by atoms with Gasteiger partial charge in [0.05, 0.1) is 18.4 Å². The van der Waals surface area contributed by atoms with Gasteiger partial charge in [-0.15, -0.1) is 0 Å². The summed E-state index contributed by atoms with van der Waals surface area (Å²) < 4.78 is 5.56. The van der Waals surface area contributed by atoms with E-state index in [1.807, 2.05) is 66.7 Å². The first-order valence-corrected chi connectivity index (χ1v) is 13.6. The molecule has 0 atom stereocenters. The van der Waals surface area contributed by atoms with Crippen LogP contribution in [0.2, 0.25) is 0 Å². The van der Waals surface area contributed by atoms with Crippen molar-refractivity contribution in [2.45, 2.75) is 6.42 Å².